The molecule has 4 rings (SSSR count). The van der Waals surface area contributed by atoms with Crippen molar-refractivity contribution in [1.82, 2.24) is 19.4 Å². The third-order valence-electron chi connectivity index (χ3n) is 5.87. The lowest BCUT2D eigenvalue weighted by atomic mass is 10.2. The third-order valence-corrected chi connectivity index (χ3v) is 5.87. The molecular formula is C20H24FN5O2. The highest BCUT2D eigenvalue weighted by molar-refractivity contribution is 5.76. The van der Waals surface area contributed by atoms with Gasteiger partial charge in [-0.1, -0.05) is 6.92 Å². The van der Waals surface area contributed by atoms with Crippen LogP contribution in [0.4, 0.5) is 10.3 Å². The smallest absolute Gasteiger partial charge is 0.255 e. The maximum absolute atomic E-state index is 14.0. The molecule has 1 saturated heterocycles. The average molecular weight is 385 g/mol. The van der Waals surface area contributed by atoms with Crippen molar-refractivity contribution in [2.75, 3.05) is 25.0 Å². The molecule has 0 radical (unpaired) electrons. The summed E-state index contributed by atoms with van der Waals surface area (Å²) in [5, 5.41) is 3.25. The maximum atomic E-state index is 14.0. The lowest BCUT2D eigenvalue weighted by Gasteiger charge is -2.20. The standard InChI is InChI=1S/C20H24FN5O2/c1-3-4-18(27)26-10-14-13(15(14)11-26)8-23-20-24-17(7-19(28)25(20)2)12-5-6-22-9-16(12)21/h5-7,9,13-15H,3-4,8,10-11H2,1-2H3,(H,23,24). The van der Waals surface area contributed by atoms with Gasteiger partial charge in [0.05, 0.1) is 11.9 Å². The number of aromatic nitrogens is 3. The van der Waals surface area contributed by atoms with Gasteiger partial charge in [-0.15, -0.1) is 0 Å². The van der Waals surface area contributed by atoms with Gasteiger partial charge in [-0.05, 0) is 30.2 Å². The van der Waals surface area contributed by atoms with Crippen molar-refractivity contribution in [2.24, 2.45) is 24.8 Å². The number of piperidine rings is 1. The van der Waals surface area contributed by atoms with E-state index in [1.165, 1.54) is 22.9 Å². The Balaban J connectivity index is 1.42. The van der Waals surface area contributed by atoms with Crippen molar-refractivity contribution >= 4 is 11.9 Å². The van der Waals surface area contributed by atoms with E-state index in [1.54, 1.807) is 7.05 Å². The average Bonchev–Trinajstić information content (AvgIpc) is 3.12. The normalized spacial score (nSPS) is 22.8. The number of amides is 1. The summed E-state index contributed by atoms with van der Waals surface area (Å²) in [6, 6.07) is 2.83. The molecule has 2 aromatic rings. The Labute approximate surface area is 162 Å². The molecular weight excluding hydrogens is 361 g/mol. The molecule has 28 heavy (non-hydrogen) atoms. The van der Waals surface area contributed by atoms with Crippen molar-refractivity contribution in [3.05, 3.63) is 40.7 Å². The fourth-order valence-corrected chi connectivity index (χ4v) is 4.16. The summed E-state index contributed by atoms with van der Waals surface area (Å²) < 4.78 is 15.4. The Bertz CT molecular complexity index is 948. The number of hydrogen-bond donors (Lipinski definition) is 1. The molecule has 148 valence electrons. The fraction of sp³-hybridized carbons (Fsp3) is 0.500. The number of anilines is 1. The van der Waals surface area contributed by atoms with Gasteiger partial charge in [-0.2, -0.15) is 0 Å². The van der Waals surface area contributed by atoms with E-state index in [0.29, 0.717) is 36.7 Å². The van der Waals surface area contributed by atoms with Crippen LogP contribution in [0.5, 0.6) is 0 Å². The van der Waals surface area contributed by atoms with Crippen molar-refractivity contribution < 1.29 is 9.18 Å². The highest BCUT2D eigenvalue weighted by Crippen LogP contribution is 2.51. The summed E-state index contributed by atoms with van der Waals surface area (Å²) in [7, 11) is 1.64. The Morgan fingerprint density at radius 1 is 1.36 bits per heavy atom. The Hall–Kier alpha value is -2.77. The molecule has 1 aliphatic carbocycles. The van der Waals surface area contributed by atoms with Crippen LogP contribution >= 0.6 is 0 Å². The van der Waals surface area contributed by atoms with Gasteiger partial charge in [0.1, 0.15) is 0 Å². The SMILES string of the molecule is CCCC(=O)N1CC2C(CNc3nc(-c4ccncc4F)cc(=O)n3C)C2C1. The molecule has 2 atom stereocenters. The molecule has 1 N–H and O–H groups in total. The van der Waals surface area contributed by atoms with E-state index in [-0.39, 0.29) is 22.7 Å². The highest BCUT2D eigenvalue weighted by atomic mass is 19.1. The van der Waals surface area contributed by atoms with Crippen LogP contribution < -0.4 is 10.9 Å². The Kier molecular flexibility index (Phi) is 4.87. The first-order chi connectivity index (χ1) is 13.5. The summed E-state index contributed by atoms with van der Waals surface area (Å²) in [4.78, 5) is 34.4. The van der Waals surface area contributed by atoms with E-state index in [2.05, 4.69) is 15.3 Å². The van der Waals surface area contributed by atoms with Crippen molar-refractivity contribution in [1.29, 1.82) is 0 Å². The molecule has 0 bridgehead atoms. The summed E-state index contributed by atoms with van der Waals surface area (Å²) >= 11 is 0. The van der Waals surface area contributed by atoms with Crippen LogP contribution in [-0.2, 0) is 11.8 Å². The van der Waals surface area contributed by atoms with E-state index >= 15 is 0 Å². The van der Waals surface area contributed by atoms with E-state index in [9.17, 15) is 14.0 Å². The summed E-state index contributed by atoms with van der Waals surface area (Å²) in [6.07, 6.45) is 4.08. The molecule has 0 spiro atoms. The molecule has 2 unspecified atom stereocenters. The monoisotopic (exact) mass is 385 g/mol. The summed E-state index contributed by atoms with van der Waals surface area (Å²) in [6.45, 7) is 4.35. The minimum Gasteiger partial charge on any atom is -0.355 e. The fourth-order valence-electron chi connectivity index (χ4n) is 4.16. The Morgan fingerprint density at radius 3 is 2.79 bits per heavy atom. The number of halogens is 1. The predicted molar refractivity (Wildman–Crippen MR) is 103 cm³/mol. The van der Waals surface area contributed by atoms with E-state index in [4.69, 9.17) is 0 Å². The van der Waals surface area contributed by atoms with Crippen LogP contribution in [0.2, 0.25) is 0 Å². The second-order valence-electron chi connectivity index (χ2n) is 7.64. The van der Waals surface area contributed by atoms with Crippen LogP contribution in [0.3, 0.4) is 0 Å². The van der Waals surface area contributed by atoms with E-state index in [0.717, 1.165) is 25.7 Å². The van der Waals surface area contributed by atoms with Crippen LogP contribution in [0.15, 0.2) is 29.3 Å². The molecule has 2 fully saturated rings. The number of carbonyl (C=O) groups is 1. The number of hydrogen-bond acceptors (Lipinski definition) is 5. The van der Waals surface area contributed by atoms with Crippen LogP contribution in [0.25, 0.3) is 11.3 Å². The molecule has 1 aliphatic heterocycles. The van der Waals surface area contributed by atoms with Crippen LogP contribution in [-0.4, -0.2) is 45.0 Å². The van der Waals surface area contributed by atoms with E-state index in [1.807, 2.05) is 11.8 Å². The van der Waals surface area contributed by atoms with Gasteiger partial charge in [0.25, 0.3) is 5.56 Å². The first-order valence-corrected chi connectivity index (χ1v) is 9.69. The number of rotatable bonds is 6. The molecule has 3 heterocycles. The zero-order chi connectivity index (χ0) is 19.8. The van der Waals surface area contributed by atoms with Gasteiger partial charge >= 0.3 is 0 Å². The van der Waals surface area contributed by atoms with Crippen molar-refractivity contribution in [3.63, 3.8) is 0 Å². The van der Waals surface area contributed by atoms with Gasteiger partial charge in [0.15, 0.2) is 5.82 Å². The number of carbonyl (C=O) groups excluding carboxylic acids is 1. The number of nitrogens with zero attached hydrogens (tertiary/aromatic N) is 4. The van der Waals surface area contributed by atoms with Gasteiger partial charge in [0.2, 0.25) is 11.9 Å². The summed E-state index contributed by atoms with van der Waals surface area (Å²) in [5.41, 5.74) is 0.290. The number of likely N-dealkylation sites (tertiary alicyclic amines) is 1. The van der Waals surface area contributed by atoms with Crippen molar-refractivity contribution in [3.8, 4) is 11.3 Å². The Morgan fingerprint density at radius 2 is 2.11 bits per heavy atom. The molecule has 0 aromatic carbocycles. The first kappa shape index (κ1) is 18.6. The third kappa shape index (κ3) is 3.39. The number of pyridine rings is 1. The minimum atomic E-state index is -0.511. The van der Waals surface area contributed by atoms with Gasteiger partial charge in [-0.3, -0.25) is 19.1 Å². The van der Waals surface area contributed by atoms with Crippen molar-refractivity contribution in [2.45, 2.75) is 19.8 Å². The largest absolute Gasteiger partial charge is 0.355 e. The molecule has 1 amide bonds. The predicted octanol–water partition coefficient (Wildman–Crippen LogP) is 1.90. The van der Waals surface area contributed by atoms with Gasteiger partial charge < -0.3 is 10.2 Å². The molecule has 2 aromatic heterocycles. The van der Waals surface area contributed by atoms with E-state index < -0.39 is 5.82 Å². The summed E-state index contributed by atoms with van der Waals surface area (Å²) in [5.74, 6) is 1.67. The molecule has 8 heteroatoms. The molecule has 1 saturated carbocycles. The molecule has 2 aliphatic rings. The lowest BCUT2D eigenvalue weighted by molar-refractivity contribution is -0.130. The van der Waals surface area contributed by atoms with Crippen LogP contribution in [0.1, 0.15) is 19.8 Å². The maximum Gasteiger partial charge on any atom is 0.255 e. The zero-order valence-corrected chi connectivity index (χ0v) is 16.1. The molecule has 7 nitrogen and oxygen atoms in total. The number of nitrogens with one attached hydrogen (secondary N) is 1. The van der Waals surface area contributed by atoms with Gasteiger partial charge in [0, 0.05) is 50.9 Å². The zero-order valence-electron chi connectivity index (χ0n) is 16.1. The second kappa shape index (κ2) is 7.33. The van der Waals surface area contributed by atoms with Gasteiger partial charge in [-0.25, -0.2) is 9.37 Å². The minimum absolute atomic E-state index is 0.248. The first-order valence-electron chi connectivity index (χ1n) is 9.69. The highest BCUT2D eigenvalue weighted by Gasteiger charge is 2.56. The second-order valence-corrected chi connectivity index (χ2v) is 7.64. The lowest BCUT2D eigenvalue weighted by Crippen LogP contribution is -2.32. The number of fused-ring (bicyclic) bond motifs is 1. The van der Waals surface area contributed by atoms with Crippen LogP contribution in [0, 0.1) is 23.6 Å². The topological polar surface area (TPSA) is 80.1 Å². The quantitative estimate of drug-likeness (QED) is 0.822.